The number of hydrogen-bond donors (Lipinski definition) is 6. The van der Waals surface area contributed by atoms with Crippen LogP contribution in [0.1, 0.15) is 0 Å². The maximum absolute atomic E-state index is 11.4. The van der Waals surface area contributed by atoms with Crippen LogP contribution in [-0.4, -0.2) is 56.2 Å². The monoisotopic (exact) mass is 967 g/mol. The number of phenolic OH excluding ortho intramolecular Hbond substituents is 4. The van der Waals surface area contributed by atoms with Gasteiger partial charge < -0.3 is 20.4 Å². The van der Waals surface area contributed by atoms with Crippen molar-refractivity contribution in [2.45, 2.75) is 9.79 Å². The third-order valence-corrected chi connectivity index (χ3v) is 9.94. The number of fused-ring (bicyclic) bond motifs is 2. The third-order valence-electron chi connectivity index (χ3n) is 7.51. The summed E-state index contributed by atoms with van der Waals surface area (Å²) in [7, 11) is -9.01. The molecule has 0 aliphatic carbocycles. The van der Waals surface area contributed by atoms with E-state index in [1.165, 1.54) is 60.7 Å². The number of azo groups is 2. The molecule has 28 heteroatoms. The van der Waals surface area contributed by atoms with Crippen molar-refractivity contribution < 1.29 is 162 Å². The molecule has 6 N–H and O–H groups in total. The van der Waals surface area contributed by atoms with E-state index in [0.29, 0.717) is 0 Å². The van der Waals surface area contributed by atoms with Crippen molar-refractivity contribution in [3.63, 3.8) is 0 Å². The average Bonchev–Trinajstić information content (AvgIpc) is 3.12. The van der Waals surface area contributed by atoms with Gasteiger partial charge in [0.15, 0.2) is 11.5 Å². The quantitative estimate of drug-likeness (QED) is 0.0384. The van der Waals surface area contributed by atoms with Gasteiger partial charge in [0.2, 0.25) is 0 Å². The molecular weight excluding hydrogens is 948 g/mol. The molecule has 6 aromatic carbocycles. The van der Waals surface area contributed by atoms with E-state index in [2.05, 4.69) is 20.5 Å². The first kappa shape index (κ1) is 55.0. The second-order valence-electron chi connectivity index (χ2n) is 11.0. The van der Waals surface area contributed by atoms with Crippen molar-refractivity contribution in [1.29, 1.82) is 0 Å². The molecule has 0 aliphatic rings. The van der Waals surface area contributed by atoms with Crippen LogP contribution >= 0.6 is 23.2 Å². The molecule has 0 bridgehead atoms. The van der Waals surface area contributed by atoms with E-state index >= 15 is 0 Å². The molecule has 0 saturated heterocycles. The van der Waals surface area contributed by atoms with Crippen LogP contribution in [0, 0.1) is 20.2 Å². The van der Waals surface area contributed by atoms with Crippen molar-refractivity contribution >= 4 is 99.1 Å². The van der Waals surface area contributed by atoms with Gasteiger partial charge in [-0.1, -0.05) is 59.6 Å². The Morgan fingerprint density at radius 3 is 1.12 bits per heavy atom. The molecule has 0 spiro atoms. The van der Waals surface area contributed by atoms with Gasteiger partial charge in [-0.2, -0.15) is 16.8 Å². The number of hydrogen-bond acceptors (Lipinski definition) is 16. The zero-order chi connectivity index (χ0) is 41.3. The van der Waals surface area contributed by atoms with E-state index in [0.717, 1.165) is 24.3 Å². The number of benzene rings is 6. The van der Waals surface area contributed by atoms with Gasteiger partial charge in [0.25, 0.3) is 31.6 Å². The van der Waals surface area contributed by atoms with Gasteiger partial charge in [0.05, 0.1) is 22.0 Å². The molecule has 0 atom stereocenters. The summed E-state index contributed by atoms with van der Waals surface area (Å²) in [6.07, 6.45) is 0. The molecule has 60 heavy (non-hydrogen) atoms. The predicted octanol–water partition coefficient (Wildman–Crippen LogP) is -0.0411. The van der Waals surface area contributed by atoms with E-state index in [-0.39, 0.29) is 170 Å². The van der Waals surface area contributed by atoms with Gasteiger partial charge in [0.1, 0.15) is 54.1 Å². The molecule has 0 aromatic heterocycles. The molecule has 20 nitrogen and oxygen atoms in total. The van der Waals surface area contributed by atoms with E-state index in [1.807, 2.05) is 0 Å². The average molecular weight is 969 g/mol. The summed E-state index contributed by atoms with van der Waals surface area (Å²) in [5.74, 6) is -1.93. The number of nitrogens with zero attached hydrogens (tertiary/aromatic N) is 6. The number of nitro benzene ring substituents is 2. The number of aromatic hydroxyl groups is 4. The van der Waals surface area contributed by atoms with Gasteiger partial charge in [0, 0.05) is 38.9 Å². The van der Waals surface area contributed by atoms with Crippen LogP contribution in [0.5, 0.6) is 23.0 Å². The predicted molar refractivity (Wildman–Crippen MR) is 199 cm³/mol. The van der Waals surface area contributed by atoms with Crippen molar-refractivity contribution in [1.82, 2.24) is 0 Å². The standard InChI is InChI=1S/2C16H10ClN3O7S.Cr.3Na/c2*17-10-6-12(14(21)7-13(10)20(23)24)19-18-11-5-4-8-9(16(11)22)2-1-3-15(8)28(25,26)27;;;;/h2*1-7,21-22H,(H,25,26,27);;;;/q;;;3*+1. The second kappa shape index (κ2) is 22.4. The van der Waals surface area contributed by atoms with E-state index in [9.17, 15) is 66.6 Å². The van der Waals surface area contributed by atoms with Crippen LogP contribution in [0.4, 0.5) is 34.1 Å². The number of rotatable bonds is 8. The zero-order valence-electron chi connectivity index (χ0n) is 30.7. The van der Waals surface area contributed by atoms with Crippen molar-refractivity contribution in [2.24, 2.45) is 20.5 Å². The Morgan fingerprint density at radius 1 is 0.500 bits per heavy atom. The maximum atomic E-state index is 11.4. The van der Waals surface area contributed by atoms with Crippen LogP contribution in [0.3, 0.4) is 0 Å². The summed E-state index contributed by atoms with van der Waals surface area (Å²) in [4.78, 5) is 19.3. The van der Waals surface area contributed by atoms with E-state index in [4.69, 9.17) is 23.2 Å². The van der Waals surface area contributed by atoms with E-state index in [1.54, 1.807) is 0 Å². The first-order valence-corrected chi connectivity index (χ1v) is 18.4. The van der Waals surface area contributed by atoms with Crippen LogP contribution in [-0.2, 0) is 37.6 Å². The topological polar surface area (TPSA) is 325 Å². The summed E-state index contributed by atoms with van der Waals surface area (Å²) >= 11 is 11.5. The maximum Gasteiger partial charge on any atom is 1.00 e. The normalized spacial score (nSPS) is 11.1. The summed E-state index contributed by atoms with van der Waals surface area (Å²) in [6.45, 7) is 0. The Bertz CT molecular complexity index is 2740. The minimum Gasteiger partial charge on any atom is -0.505 e. The first-order chi connectivity index (χ1) is 26.2. The molecular formula is C32H20Cl2CrN6Na3O14S2+3. The fraction of sp³-hybridized carbons (Fsp3) is 0. The largest absolute Gasteiger partial charge is 1.00 e. The van der Waals surface area contributed by atoms with Crippen molar-refractivity contribution in [3.8, 4) is 23.0 Å². The fourth-order valence-corrected chi connectivity index (χ4v) is 6.82. The molecule has 0 unspecified atom stereocenters. The van der Waals surface area contributed by atoms with Crippen LogP contribution in [0.2, 0.25) is 10.0 Å². The minimum atomic E-state index is -4.50. The SMILES string of the molecule is O=[N+]([O-])c1cc(O)c(N=Nc2ccc3c(S(=O)(=O)O)cccc3c2O)cc1Cl.O=[N+]([O-])c1cc(O)c(N=Nc2ccc3c(S(=O)(=O)O)cccc3c2O)cc1Cl.[Cr].[Na+].[Na+].[Na+]. The van der Waals surface area contributed by atoms with Gasteiger partial charge in [-0.25, -0.2) is 0 Å². The Kier molecular flexibility index (Phi) is 20.5. The fourth-order valence-electron chi connectivity index (χ4n) is 4.95. The first-order valence-electron chi connectivity index (χ1n) is 14.8. The smallest absolute Gasteiger partial charge is 0.505 e. The Balaban J connectivity index is 0.000000562. The summed E-state index contributed by atoms with van der Waals surface area (Å²) < 4.78 is 64.3. The molecule has 0 aliphatic heterocycles. The molecule has 0 heterocycles. The Hall–Kier alpha value is -3.03. The molecule has 0 saturated carbocycles. The van der Waals surface area contributed by atoms with Gasteiger partial charge in [-0.15, -0.1) is 20.5 Å². The Morgan fingerprint density at radius 2 is 0.817 bits per heavy atom. The second-order valence-corrected chi connectivity index (χ2v) is 14.6. The molecule has 6 rings (SSSR count). The van der Waals surface area contributed by atoms with Crippen molar-refractivity contribution in [2.75, 3.05) is 0 Å². The number of halogens is 2. The molecule has 0 fully saturated rings. The van der Waals surface area contributed by atoms with Gasteiger partial charge in [-0.3, -0.25) is 29.3 Å². The van der Waals surface area contributed by atoms with E-state index < -0.39 is 64.5 Å². The molecule has 0 amide bonds. The Labute approximate surface area is 424 Å². The molecule has 6 aromatic rings. The molecule has 0 radical (unpaired) electrons. The summed E-state index contributed by atoms with van der Waals surface area (Å²) in [5.41, 5.74) is -1.53. The number of nitro groups is 2. The summed E-state index contributed by atoms with van der Waals surface area (Å²) in [6, 6.07) is 16.7. The van der Waals surface area contributed by atoms with Crippen LogP contribution < -0.4 is 88.7 Å². The summed E-state index contributed by atoms with van der Waals surface area (Å²) in [5, 5.41) is 76.7. The van der Waals surface area contributed by atoms with Crippen LogP contribution in [0.25, 0.3) is 21.5 Å². The third kappa shape index (κ3) is 12.5. The van der Waals surface area contributed by atoms with Crippen molar-refractivity contribution in [3.05, 3.63) is 115 Å². The zero-order valence-corrected chi connectivity index (χ0v) is 41.1. The van der Waals surface area contributed by atoms with Gasteiger partial charge >= 0.3 is 88.7 Å². The minimum absolute atomic E-state index is 0. The van der Waals surface area contributed by atoms with Gasteiger partial charge in [-0.05, 0) is 36.4 Å². The van der Waals surface area contributed by atoms with Crippen LogP contribution in [0.15, 0.2) is 115 Å². The number of phenols is 4. The molecule has 294 valence electrons.